The molecule has 10 heteroatoms. The molecule has 0 spiro atoms. The molecule has 2 heterocycles. The topological polar surface area (TPSA) is 72.2 Å². The summed E-state index contributed by atoms with van der Waals surface area (Å²) >= 11 is 0.980. The van der Waals surface area contributed by atoms with Crippen molar-refractivity contribution in [3.05, 3.63) is 40.4 Å². The third kappa shape index (κ3) is 2.34. The zero-order chi connectivity index (χ0) is 16.1. The third-order valence-electron chi connectivity index (χ3n) is 3.44. The molecular formula is C13H8F3N5OS. The zero-order valence-corrected chi connectivity index (χ0v) is 12.2. The lowest BCUT2D eigenvalue weighted by Crippen LogP contribution is -2.14. The van der Waals surface area contributed by atoms with Crippen LogP contribution < -0.4 is 5.32 Å². The summed E-state index contributed by atoms with van der Waals surface area (Å²) in [5.41, 5.74) is -0.456. The number of fused-ring (bicyclic) bond motifs is 1. The smallest absolute Gasteiger partial charge is 0.286 e. The fourth-order valence-electron chi connectivity index (χ4n) is 2.12. The van der Waals surface area contributed by atoms with Gasteiger partial charge in [0.25, 0.3) is 5.91 Å². The summed E-state index contributed by atoms with van der Waals surface area (Å²) in [6, 6.07) is 1.68. The van der Waals surface area contributed by atoms with E-state index in [1.807, 2.05) is 0 Å². The van der Waals surface area contributed by atoms with Gasteiger partial charge in [-0.1, -0.05) is 11.3 Å². The van der Waals surface area contributed by atoms with Crippen molar-refractivity contribution in [2.75, 3.05) is 5.32 Å². The van der Waals surface area contributed by atoms with Gasteiger partial charge in [-0.2, -0.15) is 4.52 Å². The molecule has 0 radical (unpaired) electrons. The minimum Gasteiger partial charge on any atom is -0.317 e. The third-order valence-corrected chi connectivity index (χ3v) is 4.33. The first-order valence-electron chi connectivity index (χ1n) is 6.71. The first kappa shape index (κ1) is 14.1. The second-order valence-corrected chi connectivity index (χ2v) is 6.07. The van der Waals surface area contributed by atoms with Crippen LogP contribution in [-0.4, -0.2) is 25.7 Å². The molecule has 23 heavy (non-hydrogen) atoms. The molecule has 0 atom stereocenters. The Morgan fingerprint density at radius 1 is 1.22 bits per heavy atom. The Hall–Kier alpha value is -2.49. The highest BCUT2D eigenvalue weighted by atomic mass is 32.1. The van der Waals surface area contributed by atoms with Crippen molar-refractivity contribution in [1.82, 2.24) is 19.8 Å². The summed E-state index contributed by atoms with van der Waals surface area (Å²) in [5.74, 6) is -4.17. The Morgan fingerprint density at radius 2 is 2.00 bits per heavy atom. The Morgan fingerprint density at radius 3 is 2.74 bits per heavy atom. The van der Waals surface area contributed by atoms with E-state index >= 15 is 0 Å². The number of amides is 1. The van der Waals surface area contributed by atoms with Crippen LogP contribution in [0.3, 0.4) is 0 Å². The van der Waals surface area contributed by atoms with Crippen LogP contribution in [0, 0.1) is 17.5 Å². The van der Waals surface area contributed by atoms with Crippen molar-refractivity contribution in [1.29, 1.82) is 0 Å². The van der Waals surface area contributed by atoms with Crippen molar-refractivity contribution in [3.63, 3.8) is 0 Å². The average molecular weight is 339 g/mol. The molecule has 0 aliphatic heterocycles. The minimum atomic E-state index is -1.64. The van der Waals surface area contributed by atoms with Gasteiger partial charge in [0.15, 0.2) is 23.3 Å². The maximum Gasteiger partial charge on any atom is 0.286 e. The van der Waals surface area contributed by atoms with E-state index in [1.165, 1.54) is 4.52 Å². The summed E-state index contributed by atoms with van der Waals surface area (Å²) in [7, 11) is 0. The van der Waals surface area contributed by atoms with Crippen LogP contribution in [0.5, 0.6) is 0 Å². The standard InChI is InChI=1S/C13H8F3N5OS/c14-6-3-4-7(9(16)8(6)15)17-11(22)12-20-21-10(5-1-2-5)18-19-13(21)23-12/h3-5H,1-2H2,(H,17,22). The minimum absolute atomic E-state index is 0.0286. The number of benzene rings is 1. The largest absolute Gasteiger partial charge is 0.317 e. The molecule has 4 rings (SSSR count). The molecule has 0 unspecified atom stereocenters. The lowest BCUT2D eigenvalue weighted by molar-refractivity contribution is 0.102. The van der Waals surface area contributed by atoms with Gasteiger partial charge in [0.05, 0.1) is 5.69 Å². The molecule has 1 aliphatic carbocycles. The Bertz CT molecular complexity index is 933. The molecule has 3 aromatic rings. The molecule has 1 N–H and O–H groups in total. The van der Waals surface area contributed by atoms with Gasteiger partial charge in [-0.3, -0.25) is 4.79 Å². The predicted molar refractivity (Wildman–Crippen MR) is 74.9 cm³/mol. The highest BCUT2D eigenvalue weighted by Crippen LogP contribution is 2.39. The van der Waals surface area contributed by atoms with E-state index in [1.54, 1.807) is 0 Å². The molecule has 1 aliphatic rings. The molecule has 2 aromatic heterocycles. The Kier molecular flexibility index (Phi) is 3.08. The maximum atomic E-state index is 13.6. The normalized spacial score (nSPS) is 14.4. The van der Waals surface area contributed by atoms with E-state index in [-0.39, 0.29) is 5.01 Å². The van der Waals surface area contributed by atoms with Crippen LogP contribution in [0.2, 0.25) is 0 Å². The highest BCUT2D eigenvalue weighted by molar-refractivity contribution is 7.18. The van der Waals surface area contributed by atoms with E-state index in [0.717, 1.165) is 36.3 Å². The van der Waals surface area contributed by atoms with Crippen molar-refractivity contribution < 1.29 is 18.0 Å². The molecule has 1 saturated carbocycles. The van der Waals surface area contributed by atoms with Gasteiger partial charge in [0.1, 0.15) is 0 Å². The number of carbonyl (C=O) groups is 1. The van der Waals surface area contributed by atoms with Gasteiger partial charge in [-0.15, -0.1) is 15.3 Å². The van der Waals surface area contributed by atoms with Crippen LogP contribution in [0.25, 0.3) is 4.96 Å². The molecule has 6 nitrogen and oxygen atoms in total. The van der Waals surface area contributed by atoms with Gasteiger partial charge in [-0.05, 0) is 25.0 Å². The zero-order valence-electron chi connectivity index (χ0n) is 11.4. The Labute approximate surface area is 131 Å². The van der Waals surface area contributed by atoms with Crippen LogP contribution in [-0.2, 0) is 0 Å². The number of nitrogens with zero attached hydrogens (tertiary/aromatic N) is 4. The van der Waals surface area contributed by atoms with Crippen LogP contribution >= 0.6 is 11.3 Å². The summed E-state index contributed by atoms with van der Waals surface area (Å²) in [6.45, 7) is 0. The van der Waals surface area contributed by atoms with Crippen molar-refractivity contribution >= 4 is 27.9 Å². The second-order valence-electron chi connectivity index (χ2n) is 5.11. The monoisotopic (exact) mass is 339 g/mol. The first-order valence-corrected chi connectivity index (χ1v) is 7.53. The van der Waals surface area contributed by atoms with E-state index < -0.39 is 29.0 Å². The van der Waals surface area contributed by atoms with Crippen LogP contribution in [0.1, 0.15) is 34.4 Å². The van der Waals surface area contributed by atoms with E-state index in [2.05, 4.69) is 20.6 Å². The van der Waals surface area contributed by atoms with Gasteiger partial charge < -0.3 is 5.32 Å². The molecule has 1 fully saturated rings. The van der Waals surface area contributed by atoms with Crippen LogP contribution in [0.4, 0.5) is 18.9 Å². The summed E-state index contributed by atoms with van der Waals surface area (Å²) in [6.07, 6.45) is 2.00. The van der Waals surface area contributed by atoms with Gasteiger partial charge in [-0.25, -0.2) is 13.2 Å². The number of carbonyl (C=O) groups excluding carboxylic acids is 1. The number of halogens is 3. The fraction of sp³-hybridized carbons (Fsp3) is 0.231. The number of rotatable bonds is 3. The molecule has 118 valence electrons. The summed E-state index contributed by atoms with van der Waals surface area (Å²) in [5, 5.41) is 14.3. The van der Waals surface area contributed by atoms with Crippen molar-refractivity contribution in [3.8, 4) is 0 Å². The SMILES string of the molecule is O=C(Nc1ccc(F)c(F)c1F)c1nn2c(C3CC3)nnc2s1. The van der Waals surface area contributed by atoms with Crippen molar-refractivity contribution in [2.24, 2.45) is 0 Å². The molecule has 1 aromatic carbocycles. The quantitative estimate of drug-likeness (QED) is 0.745. The summed E-state index contributed by atoms with van der Waals surface area (Å²) in [4.78, 5) is 12.6. The second kappa shape index (κ2) is 5.01. The average Bonchev–Trinajstić information content (AvgIpc) is 3.15. The Balaban J connectivity index is 1.63. The molecule has 1 amide bonds. The molecular weight excluding hydrogens is 331 g/mol. The van der Waals surface area contributed by atoms with Crippen LogP contribution in [0.15, 0.2) is 12.1 Å². The van der Waals surface area contributed by atoms with E-state index in [4.69, 9.17) is 0 Å². The lowest BCUT2D eigenvalue weighted by atomic mass is 10.3. The lowest BCUT2D eigenvalue weighted by Gasteiger charge is -2.05. The number of hydrogen-bond acceptors (Lipinski definition) is 5. The molecule has 0 saturated heterocycles. The highest BCUT2D eigenvalue weighted by Gasteiger charge is 2.30. The van der Waals surface area contributed by atoms with E-state index in [9.17, 15) is 18.0 Å². The maximum absolute atomic E-state index is 13.6. The predicted octanol–water partition coefficient (Wildman–Crippen LogP) is 2.73. The number of aromatic nitrogens is 4. The van der Waals surface area contributed by atoms with Gasteiger partial charge in [0, 0.05) is 5.92 Å². The van der Waals surface area contributed by atoms with E-state index in [0.29, 0.717) is 16.7 Å². The van der Waals surface area contributed by atoms with Gasteiger partial charge >= 0.3 is 0 Å². The first-order chi connectivity index (χ1) is 11.0. The summed E-state index contributed by atoms with van der Waals surface area (Å²) < 4.78 is 41.1. The molecule has 0 bridgehead atoms. The number of hydrogen-bond donors (Lipinski definition) is 1. The van der Waals surface area contributed by atoms with Crippen molar-refractivity contribution in [2.45, 2.75) is 18.8 Å². The fourth-order valence-corrected chi connectivity index (χ4v) is 2.86. The van der Waals surface area contributed by atoms with Gasteiger partial charge in [0.2, 0.25) is 9.97 Å². The number of nitrogens with one attached hydrogen (secondary N) is 1. The number of anilines is 1.